The third-order valence-corrected chi connectivity index (χ3v) is 5.20. The van der Waals surface area contributed by atoms with Crippen LogP contribution in [0.15, 0.2) is 18.3 Å². The summed E-state index contributed by atoms with van der Waals surface area (Å²) in [6.07, 6.45) is 3.01. The van der Waals surface area contributed by atoms with Crippen molar-refractivity contribution in [2.24, 2.45) is 0 Å². The van der Waals surface area contributed by atoms with Crippen molar-refractivity contribution >= 4 is 15.5 Å². The summed E-state index contributed by atoms with van der Waals surface area (Å²) in [6, 6.07) is 3.63. The molecular formula is C12H15N3O3S. The molecule has 1 fully saturated rings. The second-order valence-corrected chi connectivity index (χ2v) is 7.07. The molecule has 0 N–H and O–H groups in total. The maximum atomic E-state index is 11.4. The lowest BCUT2D eigenvalue weighted by Crippen LogP contribution is -2.22. The van der Waals surface area contributed by atoms with Gasteiger partial charge in [-0.05, 0) is 18.9 Å². The zero-order chi connectivity index (χ0) is 13.5. The summed E-state index contributed by atoms with van der Waals surface area (Å²) >= 11 is 0. The highest BCUT2D eigenvalue weighted by Crippen LogP contribution is 2.27. The van der Waals surface area contributed by atoms with Crippen LogP contribution < -0.4 is 4.74 Å². The lowest BCUT2D eigenvalue weighted by molar-refractivity contribution is 0.414. The fourth-order valence-electron chi connectivity index (χ4n) is 2.33. The number of hydrogen-bond acceptors (Lipinski definition) is 5. The van der Waals surface area contributed by atoms with E-state index < -0.39 is 9.84 Å². The van der Waals surface area contributed by atoms with E-state index in [2.05, 4.69) is 10.1 Å². The van der Waals surface area contributed by atoms with Crippen molar-refractivity contribution in [2.75, 3.05) is 18.6 Å². The van der Waals surface area contributed by atoms with Gasteiger partial charge in [-0.1, -0.05) is 0 Å². The maximum absolute atomic E-state index is 11.4. The Labute approximate surface area is 111 Å². The van der Waals surface area contributed by atoms with Crippen molar-refractivity contribution in [3.8, 4) is 5.75 Å². The number of rotatable bonds is 2. The van der Waals surface area contributed by atoms with Gasteiger partial charge in [0.15, 0.2) is 11.5 Å². The standard InChI is InChI=1S/C12H15N3O3S/c1-18-10-2-5-15-11(8-10)13-12(14-15)9-3-6-19(16,17)7-4-9/h2,5,8-9H,3-4,6-7H2,1H3. The third-order valence-electron chi connectivity index (χ3n) is 3.48. The number of sulfone groups is 1. The highest BCUT2D eigenvalue weighted by atomic mass is 32.2. The van der Waals surface area contributed by atoms with Gasteiger partial charge in [-0.15, -0.1) is 0 Å². The largest absolute Gasteiger partial charge is 0.497 e. The molecule has 0 aromatic carbocycles. The number of ether oxygens (including phenoxy) is 1. The molecule has 0 saturated carbocycles. The van der Waals surface area contributed by atoms with Gasteiger partial charge < -0.3 is 4.74 Å². The van der Waals surface area contributed by atoms with E-state index in [4.69, 9.17) is 4.74 Å². The van der Waals surface area contributed by atoms with Crippen LogP contribution in [0.5, 0.6) is 5.75 Å². The van der Waals surface area contributed by atoms with Gasteiger partial charge in [-0.2, -0.15) is 5.10 Å². The zero-order valence-electron chi connectivity index (χ0n) is 10.6. The minimum atomic E-state index is -2.85. The molecule has 1 aliphatic rings. The Bertz CT molecular complexity index is 694. The molecule has 102 valence electrons. The number of pyridine rings is 1. The van der Waals surface area contributed by atoms with Crippen LogP contribution in [0.1, 0.15) is 24.6 Å². The number of hydrogen-bond donors (Lipinski definition) is 0. The molecule has 7 heteroatoms. The molecule has 3 heterocycles. The van der Waals surface area contributed by atoms with Crippen LogP contribution in [-0.2, 0) is 9.84 Å². The molecule has 2 aromatic rings. The van der Waals surface area contributed by atoms with Gasteiger partial charge >= 0.3 is 0 Å². The number of fused-ring (bicyclic) bond motifs is 1. The van der Waals surface area contributed by atoms with Crippen molar-refractivity contribution in [3.63, 3.8) is 0 Å². The normalized spacial score (nSPS) is 19.6. The predicted molar refractivity (Wildman–Crippen MR) is 70.2 cm³/mol. The van der Waals surface area contributed by atoms with Crippen molar-refractivity contribution in [1.82, 2.24) is 14.6 Å². The van der Waals surface area contributed by atoms with Crippen LogP contribution >= 0.6 is 0 Å². The van der Waals surface area contributed by atoms with E-state index in [-0.39, 0.29) is 17.4 Å². The van der Waals surface area contributed by atoms with Gasteiger partial charge in [-0.3, -0.25) is 0 Å². The minimum Gasteiger partial charge on any atom is -0.497 e. The molecule has 0 bridgehead atoms. The van der Waals surface area contributed by atoms with Gasteiger partial charge in [0.05, 0.1) is 18.6 Å². The molecule has 19 heavy (non-hydrogen) atoms. The number of methoxy groups -OCH3 is 1. The van der Waals surface area contributed by atoms with Crippen LogP contribution in [-0.4, -0.2) is 41.6 Å². The van der Waals surface area contributed by atoms with Crippen molar-refractivity contribution in [1.29, 1.82) is 0 Å². The van der Waals surface area contributed by atoms with Gasteiger partial charge in [0, 0.05) is 18.2 Å². The van der Waals surface area contributed by atoms with Crippen molar-refractivity contribution < 1.29 is 13.2 Å². The number of nitrogens with zero attached hydrogens (tertiary/aromatic N) is 3. The summed E-state index contributed by atoms with van der Waals surface area (Å²) < 4.78 is 29.7. The molecule has 0 unspecified atom stereocenters. The monoisotopic (exact) mass is 281 g/mol. The smallest absolute Gasteiger partial charge is 0.159 e. The Kier molecular flexibility index (Phi) is 2.93. The Morgan fingerprint density at radius 2 is 2.11 bits per heavy atom. The first-order valence-electron chi connectivity index (χ1n) is 6.18. The first kappa shape index (κ1) is 12.4. The van der Waals surface area contributed by atoms with E-state index in [1.165, 1.54) is 0 Å². The second-order valence-electron chi connectivity index (χ2n) is 4.77. The molecule has 0 radical (unpaired) electrons. The minimum absolute atomic E-state index is 0.134. The molecule has 0 atom stereocenters. The van der Waals surface area contributed by atoms with E-state index in [0.29, 0.717) is 12.8 Å². The first-order chi connectivity index (χ1) is 9.07. The Morgan fingerprint density at radius 1 is 1.37 bits per heavy atom. The van der Waals surface area contributed by atoms with Crippen LogP contribution in [0.2, 0.25) is 0 Å². The summed E-state index contributed by atoms with van der Waals surface area (Å²) in [5.74, 6) is 2.06. The second kappa shape index (κ2) is 4.48. The lowest BCUT2D eigenvalue weighted by atomic mass is 10.0. The topological polar surface area (TPSA) is 73.6 Å². The van der Waals surface area contributed by atoms with Crippen molar-refractivity contribution in [3.05, 3.63) is 24.2 Å². The summed E-state index contributed by atoms with van der Waals surface area (Å²) in [6.45, 7) is 0. The summed E-state index contributed by atoms with van der Waals surface area (Å²) in [5, 5.41) is 4.41. The average Bonchev–Trinajstić information content (AvgIpc) is 2.81. The Balaban J connectivity index is 1.89. The fraction of sp³-hybridized carbons (Fsp3) is 0.500. The molecular weight excluding hydrogens is 266 g/mol. The quantitative estimate of drug-likeness (QED) is 0.822. The fourth-order valence-corrected chi connectivity index (χ4v) is 3.82. The molecule has 0 aliphatic carbocycles. The first-order valence-corrected chi connectivity index (χ1v) is 8.00. The summed E-state index contributed by atoms with van der Waals surface area (Å²) in [4.78, 5) is 4.47. The predicted octanol–water partition coefficient (Wildman–Crippen LogP) is 1.03. The average molecular weight is 281 g/mol. The third kappa shape index (κ3) is 2.42. The number of aromatic nitrogens is 3. The Morgan fingerprint density at radius 3 is 2.79 bits per heavy atom. The lowest BCUT2D eigenvalue weighted by Gasteiger charge is -2.18. The van der Waals surface area contributed by atoms with E-state index >= 15 is 0 Å². The molecule has 1 saturated heterocycles. The molecule has 2 aromatic heterocycles. The van der Waals surface area contributed by atoms with Crippen LogP contribution in [0.3, 0.4) is 0 Å². The SMILES string of the molecule is COc1ccn2nc(C3CCS(=O)(=O)CC3)nc2c1. The van der Waals surface area contributed by atoms with E-state index in [1.54, 1.807) is 17.8 Å². The van der Waals surface area contributed by atoms with E-state index in [0.717, 1.165) is 17.2 Å². The summed E-state index contributed by atoms with van der Waals surface area (Å²) in [5.41, 5.74) is 0.725. The molecule has 6 nitrogen and oxygen atoms in total. The van der Waals surface area contributed by atoms with E-state index in [1.807, 2.05) is 12.1 Å². The van der Waals surface area contributed by atoms with E-state index in [9.17, 15) is 8.42 Å². The van der Waals surface area contributed by atoms with Crippen LogP contribution in [0, 0.1) is 0 Å². The highest BCUT2D eigenvalue weighted by Gasteiger charge is 2.27. The van der Waals surface area contributed by atoms with Gasteiger partial charge in [0.1, 0.15) is 15.6 Å². The molecule has 0 amide bonds. The van der Waals surface area contributed by atoms with Gasteiger partial charge in [-0.25, -0.2) is 17.9 Å². The molecule has 1 aliphatic heterocycles. The van der Waals surface area contributed by atoms with Gasteiger partial charge in [0.2, 0.25) is 0 Å². The zero-order valence-corrected chi connectivity index (χ0v) is 11.4. The summed E-state index contributed by atoms with van der Waals surface area (Å²) in [7, 11) is -1.24. The van der Waals surface area contributed by atoms with Crippen molar-refractivity contribution in [2.45, 2.75) is 18.8 Å². The Hall–Kier alpha value is -1.63. The maximum Gasteiger partial charge on any atom is 0.159 e. The molecule has 3 rings (SSSR count). The molecule has 0 spiro atoms. The highest BCUT2D eigenvalue weighted by molar-refractivity contribution is 7.91. The van der Waals surface area contributed by atoms with Gasteiger partial charge in [0.25, 0.3) is 0 Å². The van der Waals surface area contributed by atoms with Crippen LogP contribution in [0.4, 0.5) is 0 Å². The van der Waals surface area contributed by atoms with Crippen LogP contribution in [0.25, 0.3) is 5.65 Å².